The van der Waals surface area contributed by atoms with Crippen molar-refractivity contribution < 1.29 is 18.0 Å². The van der Waals surface area contributed by atoms with Crippen LogP contribution in [0.2, 0.25) is 0 Å². The molecule has 8 nitrogen and oxygen atoms in total. The molecule has 27 heavy (non-hydrogen) atoms. The molecular weight excluding hydrogens is 368 g/mol. The largest absolute Gasteiger partial charge is 0.335 e. The molecule has 1 aliphatic rings. The van der Waals surface area contributed by atoms with Gasteiger partial charge in [0.2, 0.25) is 10.0 Å². The summed E-state index contributed by atoms with van der Waals surface area (Å²) in [5.74, 6) is -0.266. The molecule has 0 aliphatic carbocycles. The Kier molecular flexibility index (Phi) is 5.16. The van der Waals surface area contributed by atoms with Crippen LogP contribution in [0.15, 0.2) is 35.2 Å². The summed E-state index contributed by atoms with van der Waals surface area (Å²) >= 11 is 0. The van der Waals surface area contributed by atoms with Crippen LogP contribution in [-0.2, 0) is 17.1 Å². The van der Waals surface area contributed by atoms with E-state index in [1.165, 1.54) is 40.2 Å². The number of aryl methyl sites for hydroxylation is 2. The molecule has 1 aromatic heterocycles. The number of ketones is 1. The second-order valence-electron chi connectivity index (χ2n) is 6.57. The number of carbonyl (C=O) groups is 2. The third-order valence-corrected chi connectivity index (χ3v) is 6.56. The monoisotopic (exact) mass is 390 g/mol. The first-order chi connectivity index (χ1) is 12.7. The van der Waals surface area contributed by atoms with Gasteiger partial charge in [0.05, 0.1) is 10.6 Å². The van der Waals surface area contributed by atoms with Crippen molar-refractivity contribution in [2.45, 2.75) is 18.7 Å². The van der Waals surface area contributed by atoms with Crippen LogP contribution in [0, 0.1) is 6.92 Å². The molecule has 1 aromatic carbocycles. The maximum Gasteiger partial charge on any atom is 0.272 e. The Morgan fingerprint density at radius 1 is 1.04 bits per heavy atom. The van der Waals surface area contributed by atoms with Gasteiger partial charge in [-0.2, -0.15) is 9.40 Å². The van der Waals surface area contributed by atoms with Gasteiger partial charge in [-0.05, 0) is 32.0 Å². The molecule has 0 bridgehead atoms. The SMILES string of the molecule is CC(=O)c1ccc(S(=O)(=O)N2CCN(C(=O)c3cc(C)nn3C)CC2)cc1. The summed E-state index contributed by atoms with van der Waals surface area (Å²) in [6.07, 6.45) is 0. The van der Waals surface area contributed by atoms with E-state index in [-0.39, 0.29) is 29.7 Å². The Hall–Kier alpha value is -2.52. The Balaban J connectivity index is 1.70. The molecule has 0 spiro atoms. The number of rotatable bonds is 4. The van der Waals surface area contributed by atoms with Gasteiger partial charge in [-0.1, -0.05) is 12.1 Å². The molecule has 0 atom stereocenters. The van der Waals surface area contributed by atoms with E-state index in [1.54, 1.807) is 18.0 Å². The second-order valence-corrected chi connectivity index (χ2v) is 8.51. The van der Waals surface area contributed by atoms with Crippen molar-refractivity contribution in [2.24, 2.45) is 7.05 Å². The number of aromatic nitrogens is 2. The van der Waals surface area contributed by atoms with Crippen LogP contribution in [0.1, 0.15) is 33.5 Å². The van der Waals surface area contributed by atoms with E-state index in [1.807, 2.05) is 6.92 Å². The van der Waals surface area contributed by atoms with E-state index in [0.29, 0.717) is 24.3 Å². The van der Waals surface area contributed by atoms with Crippen molar-refractivity contribution in [3.63, 3.8) is 0 Å². The van der Waals surface area contributed by atoms with E-state index in [4.69, 9.17) is 0 Å². The average molecular weight is 390 g/mol. The predicted molar refractivity (Wildman–Crippen MR) is 99.1 cm³/mol. The number of carbonyl (C=O) groups excluding carboxylic acids is 2. The molecule has 0 unspecified atom stereocenters. The van der Waals surface area contributed by atoms with Crippen molar-refractivity contribution in [3.05, 3.63) is 47.3 Å². The highest BCUT2D eigenvalue weighted by molar-refractivity contribution is 7.89. The minimum atomic E-state index is -3.66. The van der Waals surface area contributed by atoms with Crippen LogP contribution in [0.3, 0.4) is 0 Å². The zero-order valence-corrected chi connectivity index (χ0v) is 16.4. The van der Waals surface area contributed by atoms with Gasteiger partial charge in [0.15, 0.2) is 5.78 Å². The van der Waals surface area contributed by atoms with E-state index >= 15 is 0 Å². The fraction of sp³-hybridized carbons (Fsp3) is 0.389. The van der Waals surface area contributed by atoms with Crippen molar-refractivity contribution in [3.8, 4) is 0 Å². The molecule has 0 saturated carbocycles. The standard InChI is InChI=1S/C18H22N4O4S/c1-13-12-17(20(3)19-13)18(24)21-8-10-22(11-9-21)27(25,26)16-6-4-15(5-7-16)14(2)23/h4-7,12H,8-11H2,1-3H3. The highest BCUT2D eigenvalue weighted by atomic mass is 32.2. The number of hydrogen-bond acceptors (Lipinski definition) is 5. The predicted octanol–water partition coefficient (Wildman–Crippen LogP) is 1.08. The highest BCUT2D eigenvalue weighted by Crippen LogP contribution is 2.19. The van der Waals surface area contributed by atoms with Crippen molar-refractivity contribution >= 4 is 21.7 Å². The summed E-state index contributed by atoms with van der Waals surface area (Å²) in [7, 11) is -1.94. The summed E-state index contributed by atoms with van der Waals surface area (Å²) in [4.78, 5) is 25.8. The van der Waals surface area contributed by atoms with Gasteiger partial charge < -0.3 is 4.90 Å². The van der Waals surface area contributed by atoms with Gasteiger partial charge in [-0.25, -0.2) is 8.42 Å². The third-order valence-electron chi connectivity index (χ3n) is 4.65. The number of amides is 1. The van der Waals surface area contributed by atoms with Crippen LogP contribution in [0.5, 0.6) is 0 Å². The smallest absolute Gasteiger partial charge is 0.272 e. The van der Waals surface area contributed by atoms with Crippen LogP contribution in [-0.4, -0.2) is 65.3 Å². The topological polar surface area (TPSA) is 92.6 Å². The molecule has 1 aliphatic heterocycles. The molecule has 3 rings (SSSR count). The van der Waals surface area contributed by atoms with Crippen LogP contribution < -0.4 is 0 Å². The number of Topliss-reactive ketones (excluding diaryl/α,β-unsaturated/α-hetero) is 1. The van der Waals surface area contributed by atoms with Gasteiger partial charge in [0.25, 0.3) is 5.91 Å². The summed E-state index contributed by atoms with van der Waals surface area (Å²) < 4.78 is 28.5. The molecular formula is C18H22N4O4S. The van der Waals surface area contributed by atoms with Gasteiger partial charge in [0.1, 0.15) is 5.69 Å². The fourth-order valence-electron chi connectivity index (χ4n) is 3.12. The summed E-state index contributed by atoms with van der Waals surface area (Å²) in [5, 5.41) is 4.18. The Morgan fingerprint density at radius 3 is 2.11 bits per heavy atom. The number of nitrogens with zero attached hydrogens (tertiary/aromatic N) is 4. The lowest BCUT2D eigenvalue weighted by Crippen LogP contribution is -2.50. The van der Waals surface area contributed by atoms with E-state index < -0.39 is 10.0 Å². The maximum atomic E-state index is 12.8. The number of benzene rings is 1. The summed E-state index contributed by atoms with van der Waals surface area (Å²) in [6.45, 7) is 4.32. The molecule has 0 N–H and O–H groups in total. The lowest BCUT2D eigenvalue weighted by atomic mass is 10.2. The third kappa shape index (κ3) is 3.79. The molecule has 144 valence electrons. The number of piperazine rings is 1. The zero-order chi connectivity index (χ0) is 19.8. The molecule has 0 radical (unpaired) electrons. The molecule has 1 amide bonds. The van der Waals surface area contributed by atoms with Gasteiger partial charge in [0, 0.05) is 38.8 Å². The maximum absolute atomic E-state index is 12.8. The number of hydrogen-bond donors (Lipinski definition) is 0. The molecule has 2 heterocycles. The van der Waals surface area contributed by atoms with E-state index in [2.05, 4.69) is 5.10 Å². The van der Waals surface area contributed by atoms with Gasteiger partial charge >= 0.3 is 0 Å². The molecule has 9 heteroatoms. The van der Waals surface area contributed by atoms with Crippen LogP contribution in [0.25, 0.3) is 0 Å². The first-order valence-electron chi connectivity index (χ1n) is 8.61. The van der Waals surface area contributed by atoms with Crippen LogP contribution in [0.4, 0.5) is 0 Å². The first-order valence-corrected chi connectivity index (χ1v) is 10.1. The fourth-order valence-corrected chi connectivity index (χ4v) is 4.54. The van der Waals surface area contributed by atoms with Crippen molar-refractivity contribution in [1.29, 1.82) is 0 Å². The highest BCUT2D eigenvalue weighted by Gasteiger charge is 2.31. The molecule has 1 saturated heterocycles. The van der Waals surface area contributed by atoms with Crippen LogP contribution >= 0.6 is 0 Å². The minimum Gasteiger partial charge on any atom is -0.335 e. The average Bonchev–Trinajstić information content (AvgIpc) is 2.99. The first kappa shape index (κ1) is 19.2. The normalized spacial score (nSPS) is 15.7. The summed E-state index contributed by atoms with van der Waals surface area (Å²) in [5.41, 5.74) is 1.72. The van der Waals surface area contributed by atoms with Crippen molar-refractivity contribution in [2.75, 3.05) is 26.2 Å². The van der Waals surface area contributed by atoms with Gasteiger partial charge in [-0.15, -0.1) is 0 Å². The molecule has 1 fully saturated rings. The second kappa shape index (κ2) is 7.24. The van der Waals surface area contributed by atoms with E-state index in [0.717, 1.165) is 5.69 Å². The summed E-state index contributed by atoms with van der Waals surface area (Å²) in [6, 6.07) is 7.64. The minimum absolute atomic E-state index is 0.114. The van der Waals surface area contributed by atoms with Gasteiger partial charge in [-0.3, -0.25) is 14.3 Å². The molecule has 2 aromatic rings. The van der Waals surface area contributed by atoms with E-state index in [9.17, 15) is 18.0 Å². The number of sulfonamides is 1. The Morgan fingerprint density at radius 2 is 1.63 bits per heavy atom. The lowest BCUT2D eigenvalue weighted by molar-refractivity contribution is 0.0686. The Bertz CT molecular complexity index is 971. The lowest BCUT2D eigenvalue weighted by Gasteiger charge is -2.34. The zero-order valence-electron chi connectivity index (χ0n) is 15.5. The van der Waals surface area contributed by atoms with Crippen molar-refractivity contribution in [1.82, 2.24) is 19.0 Å². The Labute approximate surface area is 158 Å². The quantitative estimate of drug-likeness (QED) is 0.729.